The minimum absolute atomic E-state index is 0.778. The maximum Gasteiger partial charge on any atom is 0.151 e. The molecule has 64 valence electrons. The molecule has 0 spiro atoms. The second kappa shape index (κ2) is 4.58. The fraction of sp³-hybridized carbons (Fsp3) is 0.222. The van der Waals surface area contributed by atoms with Crippen LogP contribution in [0.5, 0.6) is 0 Å². The lowest BCUT2D eigenvalue weighted by molar-refractivity contribution is 0.112. The zero-order chi connectivity index (χ0) is 8.97. The number of carbonyl (C=O) groups is 1. The fourth-order valence-corrected chi connectivity index (χ4v) is 2.03. The Kier molecular flexibility index (Phi) is 3.69. The van der Waals surface area contributed by atoms with Gasteiger partial charge in [-0.1, -0.05) is 0 Å². The molecule has 1 aromatic rings. The number of carbonyl (C=O) groups excluding carboxylic acids is 1. The summed E-state index contributed by atoms with van der Waals surface area (Å²) in [7, 11) is 0. The lowest BCUT2D eigenvalue weighted by Gasteiger charge is -2.02. The first-order chi connectivity index (χ1) is 5.81. The predicted molar refractivity (Wildman–Crippen MR) is 55.4 cm³/mol. The molecule has 3 heteroatoms. The Balaban J connectivity index is 3.10. The van der Waals surface area contributed by atoms with Gasteiger partial charge in [-0.25, -0.2) is 0 Å². The summed E-state index contributed by atoms with van der Waals surface area (Å²) in [6, 6.07) is 5.87. The van der Waals surface area contributed by atoms with Crippen molar-refractivity contribution >= 4 is 29.8 Å². The van der Waals surface area contributed by atoms with E-state index in [9.17, 15) is 4.79 Å². The van der Waals surface area contributed by atoms with E-state index in [2.05, 4.69) is 0 Å². The van der Waals surface area contributed by atoms with Gasteiger partial charge in [-0.2, -0.15) is 0 Å². The maximum absolute atomic E-state index is 10.6. The molecule has 0 aromatic heterocycles. The summed E-state index contributed by atoms with van der Waals surface area (Å²) in [5.74, 6) is 0. The highest BCUT2D eigenvalue weighted by atomic mass is 32.2. The highest BCUT2D eigenvalue weighted by molar-refractivity contribution is 7.99. The van der Waals surface area contributed by atoms with Crippen LogP contribution in [0.2, 0.25) is 0 Å². The summed E-state index contributed by atoms with van der Waals surface area (Å²) in [5.41, 5.74) is 0.778. The number of aldehydes is 1. The third-order valence-electron chi connectivity index (χ3n) is 1.57. The minimum atomic E-state index is 0.778. The molecule has 1 nitrogen and oxygen atoms in total. The Bertz CT molecular complexity index is 284. The van der Waals surface area contributed by atoms with Gasteiger partial charge in [-0.3, -0.25) is 4.79 Å². The average molecular weight is 198 g/mol. The number of hydrogen-bond donors (Lipinski definition) is 0. The number of benzene rings is 1. The molecular weight excluding hydrogens is 188 g/mol. The van der Waals surface area contributed by atoms with Crippen LogP contribution in [-0.2, 0) is 0 Å². The molecule has 0 unspecified atom stereocenters. The summed E-state index contributed by atoms with van der Waals surface area (Å²) in [5, 5.41) is 0. The first kappa shape index (κ1) is 9.68. The van der Waals surface area contributed by atoms with Gasteiger partial charge >= 0.3 is 0 Å². The van der Waals surface area contributed by atoms with E-state index >= 15 is 0 Å². The van der Waals surface area contributed by atoms with Crippen LogP contribution in [-0.4, -0.2) is 18.8 Å². The van der Waals surface area contributed by atoms with Crippen LogP contribution in [0.1, 0.15) is 10.4 Å². The van der Waals surface area contributed by atoms with Crippen molar-refractivity contribution in [1.29, 1.82) is 0 Å². The molecule has 0 fully saturated rings. The molecule has 0 saturated heterocycles. The lowest BCUT2D eigenvalue weighted by atomic mass is 10.2. The molecule has 0 radical (unpaired) electrons. The van der Waals surface area contributed by atoms with E-state index in [1.165, 1.54) is 4.90 Å². The molecule has 0 atom stereocenters. The first-order valence-corrected chi connectivity index (χ1v) is 5.94. The van der Waals surface area contributed by atoms with Crippen LogP contribution in [0.15, 0.2) is 28.0 Å². The molecule has 0 bridgehead atoms. The van der Waals surface area contributed by atoms with Crippen LogP contribution in [0.4, 0.5) is 0 Å². The molecule has 0 aliphatic carbocycles. The summed E-state index contributed by atoms with van der Waals surface area (Å²) >= 11 is 3.29. The number of thioether (sulfide) groups is 2. The van der Waals surface area contributed by atoms with E-state index in [1.807, 2.05) is 30.7 Å². The van der Waals surface area contributed by atoms with Crippen molar-refractivity contribution in [3.63, 3.8) is 0 Å². The predicted octanol–water partition coefficient (Wildman–Crippen LogP) is 2.94. The van der Waals surface area contributed by atoms with E-state index in [-0.39, 0.29) is 0 Å². The molecule has 1 aromatic carbocycles. The van der Waals surface area contributed by atoms with Crippen molar-refractivity contribution in [3.05, 3.63) is 23.8 Å². The van der Waals surface area contributed by atoms with E-state index in [4.69, 9.17) is 0 Å². The third kappa shape index (κ3) is 2.05. The van der Waals surface area contributed by atoms with E-state index in [0.717, 1.165) is 16.7 Å². The molecule has 1 rings (SSSR count). The van der Waals surface area contributed by atoms with Gasteiger partial charge in [-0.15, -0.1) is 23.5 Å². The topological polar surface area (TPSA) is 17.1 Å². The Morgan fingerprint density at radius 1 is 1.25 bits per heavy atom. The van der Waals surface area contributed by atoms with Crippen LogP contribution in [0.25, 0.3) is 0 Å². The monoisotopic (exact) mass is 198 g/mol. The van der Waals surface area contributed by atoms with Crippen LogP contribution in [0.3, 0.4) is 0 Å². The number of rotatable bonds is 3. The van der Waals surface area contributed by atoms with Gasteiger partial charge < -0.3 is 0 Å². The van der Waals surface area contributed by atoms with Crippen molar-refractivity contribution < 1.29 is 4.79 Å². The normalized spacial score (nSPS) is 9.83. The second-order valence-electron chi connectivity index (χ2n) is 2.23. The van der Waals surface area contributed by atoms with Crippen molar-refractivity contribution in [1.82, 2.24) is 0 Å². The standard InChI is InChI=1S/C9H10OS2/c1-11-8-4-3-7(6-10)9(5-8)12-2/h3-6H,1-2H3. The van der Waals surface area contributed by atoms with Gasteiger partial charge in [0.25, 0.3) is 0 Å². The van der Waals surface area contributed by atoms with Gasteiger partial charge in [0.2, 0.25) is 0 Å². The van der Waals surface area contributed by atoms with Crippen molar-refractivity contribution in [2.24, 2.45) is 0 Å². The molecule has 0 amide bonds. The van der Waals surface area contributed by atoms with Crippen molar-refractivity contribution in [2.45, 2.75) is 9.79 Å². The van der Waals surface area contributed by atoms with Crippen LogP contribution >= 0.6 is 23.5 Å². The smallest absolute Gasteiger partial charge is 0.151 e. The first-order valence-electron chi connectivity index (χ1n) is 3.49. The highest BCUT2D eigenvalue weighted by Crippen LogP contribution is 2.24. The van der Waals surface area contributed by atoms with Gasteiger partial charge in [0.1, 0.15) is 0 Å². The SMILES string of the molecule is CSc1ccc(C=O)c(SC)c1. The van der Waals surface area contributed by atoms with E-state index < -0.39 is 0 Å². The van der Waals surface area contributed by atoms with Crippen molar-refractivity contribution in [3.8, 4) is 0 Å². The van der Waals surface area contributed by atoms with Crippen LogP contribution < -0.4 is 0 Å². The molecular formula is C9H10OS2. The highest BCUT2D eigenvalue weighted by Gasteiger charge is 2.00. The van der Waals surface area contributed by atoms with Gasteiger partial charge in [0.05, 0.1) is 0 Å². The molecule has 0 N–H and O–H groups in total. The van der Waals surface area contributed by atoms with Gasteiger partial charge in [-0.05, 0) is 30.7 Å². The Hall–Kier alpha value is -0.410. The second-order valence-corrected chi connectivity index (χ2v) is 3.95. The fourth-order valence-electron chi connectivity index (χ4n) is 0.916. The quantitative estimate of drug-likeness (QED) is 0.549. The Morgan fingerprint density at radius 2 is 2.00 bits per heavy atom. The van der Waals surface area contributed by atoms with E-state index in [0.29, 0.717) is 0 Å². The van der Waals surface area contributed by atoms with Crippen molar-refractivity contribution in [2.75, 3.05) is 12.5 Å². The Morgan fingerprint density at radius 3 is 2.50 bits per heavy atom. The summed E-state index contributed by atoms with van der Waals surface area (Å²) < 4.78 is 0. The zero-order valence-corrected chi connectivity index (χ0v) is 8.67. The van der Waals surface area contributed by atoms with Crippen LogP contribution in [0, 0.1) is 0 Å². The summed E-state index contributed by atoms with van der Waals surface area (Å²) in [6.45, 7) is 0. The maximum atomic E-state index is 10.6. The lowest BCUT2D eigenvalue weighted by Crippen LogP contribution is -1.84. The molecule has 12 heavy (non-hydrogen) atoms. The molecule has 0 aliphatic rings. The Labute approximate surface area is 80.9 Å². The van der Waals surface area contributed by atoms with E-state index in [1.54, 1.807) is 23.5 Å². The minimum Gasteiger partial charge on any atom is -0.298 e. The number of hydrogen-bond acceptors (Lipinski definition) is 3. The largest absolute Gasteiger partial charge is 0.298 e. The van der Waals surface area contributed by atoms with Gasteiger partial charge in [0, 0.05) is 15.4 Å². The molecule has 0 aliphatic heterocycles. The summed E-state index contributed by atoms with van der Waals surface area (Å²) in [4.78, 5) is 12.8. The molecule has 0 saturated carbocycles. The average Bonchev–Trinajstić information content (AvgIpc) is 2.16. The third-order valence-corrected chi connectivity index (χ3v) is 3.09. The zero-order valence-electron chi connectivity index (χ0n) is 7.03. The van der Waals surface area contributed by atoms with Gasteiger partial charge in [0.15, 0.2) is 6.29 Å². The molecule has 0 heterocycles. The summed E-state index contributed by atoms with van der Waals surface area (Å²) in [6.07, 6.45) is 4.91.